The number of likely N-dealkylation sites (N-methyl/N-ethyl adjacent to an activating group) is 1. The minimum atomic E-state index is 0. The molecule has 2 N–H and O–H groups in total. The summed E-state index contributed by atoms with van der Waals surface area (Å²) >= 11 is 0. The highest BCUT2D eigenvalue weighted by Gasteiger charge is 2.11. The standard InChI is InChI=1S/C18H20N4O.ClH/c1-21(2)18(23)12-22-11-14(10-20-22)16-8-7-13(9-19)15-5-3-4-6-17(15)16;/h3-8,10-11H,9,12,19H2,1-2H3;1H. The molecule has 0 atom stereocenters. The zero-order valence-corrected chi connectivity index (χ0v) is 14.6. The number of carbonyl (C=O) groups excluding carboxylic acids is 1. The predicted octanol–water partition coefficient (Wildman–Crippen LogP) is 2.67. The maximum atomic E-state index is 11.8. The lowest BCUT2D eigenvalue weighted by atomic mass is 9.97. The van der Waals surface area contributed by atoms with Gasteiger partial charge in [0.05, 0.1) is 6.20 Å². The third kappa shape index (κ3) is 3.42. The minimum Gasteiger partial charge on any atom is -0.347 e. The van der Waals surface area contributed by atoms with Gasteiger partial charge in [-0.15, -0.1) is 12.4 Å². The molecule has 0 aliphatic heterocycles. The molecule has 0 unspecified atom stereocenters. The predicted molar refractivity (Wildman–Crippen MR) is 99.0 cm³/mol. The molecule has 1 aromatic heterocycles. The molecule has 5 nitrogen and oxygen atoms in total. The van der Waals surface area contributed by atoms with Gasteiger partial charge in [-0.25, -0.2) is 0 Å². The molecule has 0 radical (unpaired) electrons. The Kier molecular flexibility index (Phi) is 5.59. The van der Waals surface area contributed by atoms with Crippen LogP contribution in [-0.2, 0) is 17.9 Å². The Balaban J connectivity index is 0.00000208. The van der Waals surface area contributed by atoms with E-state index in [9.17, 15) is 4.79 Å². The van der Waals surface area contributed by atoms with Crippen LogP contribution in [0.15, 0.2) is 48.8 Å². The van der Waals surface area contributed by atoms with E-state index in [1.807, 2.05) is 18.3 Å². The lowest BCUT2D eigenvalue weighted by Gasteiger charge is -2.10. The highest BCUT2D eigenvalue weighted by Crippen LogP contribution is 2.30. The molecule has 6 heteroatoms. The summed E-state index contributed by atoms with van der Waals surface area (Å²) < 4.78 is 1.67. The molecule has 0 saturated carbocycles. The fraction of sp³-hybridized carbons (Fsp3) is 0.222. The maximum absolute atomic E-state index is 11.8. The fourth-order valence-corrected chi connectivity index (χ4v) is 2.66. The first kappa shape index (κ1) is 18.0. The Hall–Kier alpha value is -2.37. The van der Waals surface area contributed by atoms with E-state index in [-0.39, 0.29) is 24.9 Å². The van der Waals surface area contributed by atoms with E-state index in [0.717, 1.165) is 27.5 Å². The second kappa shape index (κ2) is 7.47. The second-order valence-corrected chi connectivity index (χ2v) is 5.74. The van der Waals surface area contributed by atoms with E-state index < -0.39 is 0 Å². The van der Waals surface area contributed by atoms with Crippen molar-refractivity contribution in [2.45, 2.75) is 13.1 Å². The molecule has 0 saturated heterocycles. The van der Waals surface area contributed by atoms with Crippen LogP contribution >= 0.6 is 12.4 Å². The normalized spacial score (nSPS) is 10.5. The van der Waals surface area contributed by atoms with Crippen molar-refractivity contribution in [3.05, 3.63) is 54.4 Å². The molecule has 1 heterocycles. The lowest BCUT2D eigenvalue weighted by molar-refractivity contribution is -0.129. The van der Waals surface area contributed by atoms with Crippen LogP contribution in [0, 0.1) is 0 Å². The third-order valence-electron chi connectivity index (χ3n) is 3.97. The van der Waals surface area contributed by atoms with Crippen LogP contribution in [0.25, 0.3) is 21.9 Å². The van der Waals surface area contributed by atoms with Gasteiger partial charge in [0, 0.05) is 32.4 Å². The van der Waals surface area contributed by atoms with Crippen LogP contribution in [-0.4, -0.2) is 34.7 Å². The summed E-state index contributed by atoms with van der Waals surface area (Å²) in [5.41, 5.74) is 9.05. The van der Waals surface area contributed by atoms with E-state index in [1.165, 1.54) is 0 Å². The highest BCUT2D eigenvalue weighted by atomic mass is 35.5. The number of amides is 1. The molecule has 3 aromatic rings. The van der Waals surface area contributed by atoms with Crippen molar-refractivity contribution in [3.63, 3.8) is 0 Å². The van der Waals surface area contributed by atoms with Gasteiger partial charge in [-0.05, 0) is 21.9 Å². The summed E-state index contributed by atoms with van der Waals surface area (Å²) in [7, 11) is 3.48. The van der Waals surface area contributed by atoms with E-state index in [4.69, 9.17) is 5.73 Å². The van der Waals surface area contributed by atoms with Crippen LogP contribution in [0.1, 0.15) is 5.56 Å². The zero-order chi connectivity index (χ0) is 16.4. The van der Waals surface area contributed by atoms with Crippen molar-refractivity contribution >= 4 is 29.1 Å². The van der Waals surface area contributed by atoms with Crippen LogP contribution < -0.4 is 5.73 Å². The van der Waals surface area contributed by atoms with Gasteiger partial charge in [-0.2, -0.15) is 5.10 Å². The number of fused-ring (bicyclic) bond motifs is 1. The average molecular weight is 345 g/mol. The quantitative estimate of drug-likeness (QED) is 0.791. The topological polar surface area (TPSA) is 64.2 Å². The summed E-state index contributed by atoms with van der Waals surface area (Å²) in [5.74, 6) is 0.0167. The Morgan fingerprint density at radius 3 is 2.54 bits per heavy atom. The van der Waals surface area contributed by atoms with E-state index in [1.54, 1.807) is 29.9 Å². The number of nitrogens with two attached hydrogens (primary N) is 1. The number of nitrogens with zero attached hydrogens (tertiary/aromatic N) is 3. The van der Waals surface area contributed by atoms with Crippen molar-refractivity contribution in [3.8, 4) is 11.1 Å². The number of halogens is 1. The Labute approximate surface area is 147 Å². The van der Waals surface area contributed by atoms with Crippen molar-refractivity contribution in [1.82, 2.24) is 14.7 Å². The molecule has 2 aromatic carbocycles. The minimum absolute atomic E-state index is 0. The van der Waals surface area contributed by atoms with Gasteiger partial charge in [0.2, 0.25) is 5.91 Å². The number of hydrogen-bond acceptors (Lipinski definition) is 3. The molecular weight excluding hydrogens is 324 g/mol. The molecule has 0 aliphatic rings. The van der Waals surface area contributed by atoms with Crippen molar-refractivity contribution < 1.29 is 4.79 Å². The fourth-order valence-electron chi connectivity index (χ4n) is 2.66. The van der Waals surface area contributed by atoms with Crippen LogP contribution in [0.4, 0.5) is 0 Å². The lowest BCUT2D eigenvalue weighted by Crippen LogP contribution is -2.26. The third-order valence-corrected chi connectivity index (χ3v) is 3.97. The van der Waals surface area contributed by atoms with E-state index in [0.29, 0.717) is 6.54 Å². The first-order chi connectivity index (χ1) is 11.1. The van der Waals surface area contributed by atoms with Gasteiger partial charge in [0.1, 0.15) is 6.54 Å². The summed E-state index contributed by atoms with van der Waals surface area (Å²) in [6.45, 7) is 0.753. The summed E-state index contributed by atoms with van der Waals surface area (Å²) in [6, 6.07) is 12.3. The molecule has 0 spiro atoms. The first-order valence-electron chi connectivity index (χ1n) is 7.54. The number of hydrogen-bond donors (Lipinski definition) is 1. The first-order valence-corrected chi connectivity index (χ1v) is 7.54. The molecule has 3 rings (SSSR count). The SMILES string of the molecule is CN(C)C(=O)Cn1cc(-c2ccc(CN)c3ccccc23)cn1.Cl. The average Bonchev–Trinajstić information content (AvgIpc) is 3.01. The number of rotatable bonds is 4. The molecule has 0 bridgehead atoms. The monoisotopic (exact) mass is 344 g/mol. The van der Waals surface area contributed by atoms with Crippen molar-refractivity contribution in [1.29, 1.82) is 0 Å². The van der Waals surface area contributed by atoms with Crippen LogP contribution in [0.5, 0.6) is 0 Å². The van der Waals surface area contributed by atoms with Gasteiger partial charge in [0.15, 0.2) is 0 Å². The Bertz CT molecular complexity index is 857. The maximum Gasteiger partial charge on any atom is 0.243 e. The largest absolute Gasteiger partial charge is 0.347 e. The molecule has 1 amide bonds. The van der Waals surface area contributed by atoms with Gasteiger partial charge in [-0.3, -0.25) is 9.48 Å². The molecule has 24 heavy (non-hydrogen) atoms. The van der Waals surface area contributed by atoms with Crippen LogP contribution in [0.2, 0.25) is 0 Å². The summed E-state index contributed by atoms with van der Waals surface area (Å²) in [6.07, 6.45) is 3.71. The van der Waals surface area contributed by atoms with Gasteiger partial charge < -0.3 is 10.6 Å². The van der Waals surface area contributed by atoms with E-state index in [2.05, 4.69) is 29.4 Å². The molecule has 0 aliphatic carbocycles. The number of aromatic nitrogens is 2. The van der Waals surface area contributed by atoms with E-state index >= 15 is 0 Å². The van der Waals surface area contributed by atoms with Gasteiger partial charge in [-0.1, -0.05) is 36.4 Å². The molecule has 126 valence electrons. The summed E-state index contributed by atoms with van der Waals surface area (Å²) in [5, 5.41) is 6.61. The highest BCUT2D eigenvalue weighted by molar-refractivity contribution is 5.98. The van der Waals surface area contributed by atoms with Crippen LogP contribution in [0.3, 0.4) is 0 Å². The molecule has 0 fully saturated rings. The zero-order valence-electron chi connectivity index (χ0n) is 13.8. The Morgan fingerprint density at radius 2 is 1.88 bits per heavy atom. The second-order valence-electron chi connectivity index (χ2n) is 5.74. The number of carbonyl (C=O) groups is 1. The summed E-state index contributed by atoms with van der Waals surface area (Å²) in [4.78, 5) is 13.4. The van der Waals surface area contributed by atoms with Gasteiger partial charge in [0.25, 0.3) is 0 Å². The molecular formula is C18H21ClN4O. The smallest absolute Gasteiger partial charge is 0.243 e. The Morgan fingerprint density at radius 1 is 1.17 bits per heavy atom. The van der Waals surface area contributed by atoms with Gasteiger partial charge >= 0.3 is 0 Å². The van der Waals surface area contributed by atoms with Crippen molar-refractivity contribution in [2.24, 2.45) is 5.73 Å². The van der Waals surface area contributed by atoms with Crippen molar-refractivity contribution in [2.75, 3.05) is 14.1 Å². The number of benzene rings is 2.